The van der Waals surface area contributed by atoms with Crippen LogP contribution in [0.2, 0.25) is 5.02 Å². The number of carbonyl (C=O) groups excluding carboxylic acids is 2. The summed E-state index contributed by atoms with van der Waals surface area (Å²) in [5, 5.41) is 3.07. The molecule has 0 saturated carbocycles. The Kier molecular flexibility index (Phi) is 4.38. The highest BCUT2D eigenvalue weighted by molar-refractivity contribution is 6.34. The lowest BCUT2D eigenvalue weighted by Crippen LogP contribution is -2.12. The van der Waals surface area contributed by atoms with Crippen molar-refractivity contribution in [1.82, 2.24) is 0 Å². The van der Waals surface area contributed by atoms with Gasteiger partial charge in [-0.15, -0.1) is 0 Å². The Labute approximate surface area is 121 Å². The molecule has 0 saturated heterocycles. The molecule has 102 valence electrons. The minimum atomic E-state index is -0.417. The van der Waals surface area contributed by atoms with E-state index in [2.05, 4.69) is 5.32 Å². The third kappa shape index (κ3) is 3.59. The fourth-order valence-corrected chi connectivity index (χ4v) is 1.87. The van der Waals surface area contributed by atoms with Gasteiger partial charge >= 0.3 is 5.97 Å². The normalized spacial score (nSPS) is 9.90. The highest BCUT2D eigenvalue weighted by Crippen LogP contribution is 2.20. The third-order valence-corrected chi connectivity index (χ3v) is 2.80. The van der Waals surface area contributed by atoms with E-state index in [9.17, 15) is 9.59 Å². The Balaban J connectivity index is 2.16. The first-order valence-electron chi connectivity index (χ1n) is 5.90. The maximum atomic E-state index is 12.1. The number of hydrogen-bond donors (Lipinski definition) is 1. The molecule has 0 aromatic heterocycles. The molecule has 0 radical (unpaired) electrons. The van der Waals surface area contributed by atoms with E-state index >= 15 is 0 Å². The van der Waals surface area contributed by atoms with E-state index in [-0.39, 0.29) is 5.91 Å². The van der Waals surface area contributed by atoms with Crippen LogP contribution in [0.1, 0.15) is 17.3 Å². The molecule has 0 aliphatic heterocycles. The van der Waals surface area contributed by atoms with Crippen LogP contribution in [0.4, 0.5) is 5.69 Å². The van der Waals surface area contributed by atoms with Gasteiger partial charge in [0, 0.05) is 18.7 Å². The minimum Gasteiger partial charge on any atom is -0.427 e. The smallest absolute Gasteiger partial charge is 0.308 e. The van der Waals surface area contributed by atoms with E-state index in [1.54, 1.807) is 48.5 Å². The number of esters is 1. The lowest BCUT2D eigenvalue weighted by atomic mass is 10.2. The Hall–Kier alpha value is -2.33. The van der Waals surface area contributed by atoms with Gasteiger partial charge in [-0.2, -0.15) is 0 Å². The average molecular weight is 290 g/mol. The summed E-state index contributed by atoms with van der Waals surface area (Å²) in [6, 6.07) is 13.3. The van der Waals surface area contributed by atoms with Crippen LogP contribution in [0.25, 0.3) is 0 Å². The molecule has 0 unspecified atom stereocenters. The summed E-state index contributed by atoms with van der Waals surface area (Å²) in [5.74, 6) is -0.371. The van der Waals surface area contributed by atoms with Crippen LogP contribution in [-0.4, -0.2) is 11.9 Å². The van der Waals surface area contributed by atoms with Crippen LogP contribution >= 0.6 is 11.6 Å². The zero-order valence-corrected chi connectivity index (χ0v) is 11.5. The highest BCUT2D eigenvalue weighted by Gasteiger charge is 2.10. The molecule has 0 aliphatic carbocycles. The van der Waals surface area contributed by atoms with Crippen molar-refractivity contribution in [2.75, 3.05) is 5.32 Å². The highest BCUT2D eigenvalue weighted by atomic mass is 35.5. The van der Waals surface area contributed by atoms with Gasteiger partial charge in [-0.1, -0.05) is 29.8 Å². The Morgan fingerprint density at radius 3 is 2.55 bits per heavy atom. The molecule has 0 aliphatic rings. The summed E-state index contributed by atoms with van der Waals surface area (Å²) in [4.78, 5) is 23.0. The molecule has 20 heavy (non-hydrogen) atoms. The molecule has 0 fully saturated rings. The first kappa shape index (κ1) is 14.1. The SMILES string of the molecule is CC(=O)Oc1cccc(NC(=O)c2ccccc2Cl)c1. The van der Waals surface area contributed by atoms with Gasteiger partial charge < -0.3 is 10.1 Å². The van der Waals surface area contributed by atoms with Gasteiger partial charge in [0.1, 0.15) is 5.75 Å². The molecule has 0 bridgehead atoms. The molecule has 2 aromatic carbocycles. The van der Waals surface area contributed by atoms with Crippen LogP contribution in [0.3, 0.4) is 0 Å². The Morgan fingerprint density at radius 2 is 1.85 bits per heavy atom. The number of carbonyl (C=O) groups is 2. The van der Waals surface area contributed by atoms with E-state index in [0.717, 1.165) is 0 Å². The van der Waals surface area contributed by atoms with Crippen molar-refractivity contribution < 1.29 is 14.3 Å². The molecule has 1 amide bonds. The van der Waals surface area contributed by atoms with Crippen molar-refractivity contribution in [3.8, 4) is 5.75 Å². The molecule has 5 heteroatoms. The fourth-order valence-electron chi connectivity index (χ4n) is 1.65. The van der Waals surface area contributed by atoms with Crippen molar-refractivity contribution in [1.29, 1.82) is 0 Å². The molecule has 2 rings (SSSR count). The predicted octanol–water partition coefficient (Wildman–Crippen LogP) is 3.52. The maximum Gasteiger partial charge on any atom is 0.308 e. The van der Waals surface area contributed by atoms with Crippen LogP contribution in [0.15, 0.2) is 48.5 Å². The van der Waals surface area contributed by atoms with E-state index in [0.29, 0.717) is 22.0 Å². The third-order valence-electron chi connectivity index (χ3n) is 2.47. The number of rotatable bonds is 3. The second-order valence-electron chi connectivity index (χ2n) is 4.06. The molecule has 2 aromatic rings. The van der Waals surface area contributed by atoms with E-state index in [1.165, 1.54) is 6.92 Å². The van der Waals surface area contributed by atoms with Crippen molar-refractivity contribution in [3.63, 3.8) is 0 Å². The predicted molar refractivity (Wildman–Crippen MR) is 77.2 cm³/mol. The molecule has 4 nitrogen and oxygen atoms in total. The standard InChI is InChI=1S/C15H12ClNO3/c1-10(18)20-12-6-4-5-11(9-12)17-15(19)13-7-2-3-8-14(13)16/h2-9H,1H3,(H,17,19). The summed E-state index contributed by atoms with van der Waals surface area (Å²) in [6.45, 7) is 1.31. The lowest BCUT2D eigenvalue weighted by Gasteiger charge is -2.08. The molecular formula is C15H12ClNO3. The minimum absolute atomic E-state index is 0.324. The fraction of sp³-hybridized carbons (Fsp3) is 0.0667. The van der Waals surface area contributed by atoms with E-state index in [4.69, 9.17) is 16.3 Å². The molecule has 0 heterocycles. The van der Waals surface area contributed by atoms with Gasteiger partial charge in [0.25, 0.3) is 5.91 Å². The summed E-state index contributed by atoms with van der Waals surface area (Å²) in [6.07, 6.45) is 0. The van der Waals surface area contributed by atoms with Crippen LogP contribution in [0, 0.1) is 0 Å². The number of nitrogens with one attached hydrogen (secondary N) is 1. The second kappa shape index (κ2) is 6.21. The topological polar surface area (TPSA) is 55.4 Å². The number of halogens is 1. The second-order valence-corrected chi connectivity index (χ2v) is 4.46. The van der Waals surface area contributed by atoms with Crippen molar-refractivity contribution in [2.45, 2.75) is 6.92 Å². The largest absolute Gasteiger partial charge is 0.427 e. The molecule has 0 atom stereocenters. The molecule has 1 N–H and O–H groups in total. The maximum absolute atomic E-state index is 12.1. The summed E-state index contributed by atoms with van der Waals surface area (Å²) < 4.78 is 4.95. The van der Waals surface area contributed by atoms with E-state index < -0.39 is 5.97 Å². The zero-order chi connectivity index (χ0) is 14.5. The van der Waals surface area contributed by atoms with Crippen molar-refractivity contribution >= 4 is 29.2 Å². The van der Waals surface area contributed by atoms with Crippen molar-refractivity contribution in [2.24, 2.45) is 0 Å². The number of amides is 1. The van der Waals surface area contributed by atoms with Gasteiger partial charge in [-0.05, 0) is 24.3 Å². The molecular weight excluding hydrogens is 278 g/mol. The number of benzene rings is 2. The first-order valence-corrected chi connectivity index (χ1v) is 6.28. The average Bonchev–Trinajstić information content (AvgIpc) is 2.38. The summed E-state index contributed by atoms with van der Waals surface area (Å²) >= 11 is 5.96. The van der Waals surface area contributed by atoms with Gasteiger partial charge in [0.05, 0.1) is 10.6 Å². The number of anilines is 1. The lowest BCUT2D eigenvalue weighted by molar-refractivity contribution is -0.131. The number of hydrogen-bond acceptors (Lipinski definition) is 3. The monoisotopic (exact) mass is 289 g/mol. The zero-order valence-electron chi connectivity index (χ0n) is 10.7. The van der Waals surface area contributed by atoms with Crippen LogP contribution in [0.5, 0.6) is 5.75 Å². The first-order chi connectivity index (χ1) is 9.56. The van der Waals surface area contributed by atoms with Crippen LogP contribution in [-0.2, 0) is 4.79 Å². The van der Waals surface area contributed by atoms with Crippen LogP contribution < -0.4 is 10.1 Å². The molecule has 0 spiro atoms. The van der Waals surface area contributed by atoms with Gasteiger partial charge in [0.15, 0.2) is 0 Å². The van der Waals surface area contributed by atoms with E-state index in [1.807, 2.05) is 0 Å². The quantitative estimate of drug-likeness (QED) is 0.695. The van der Waals surface area contributed by atoms with Gasteiger partial charge in [-0.25, -0.2) is 0 Å². The Bertz CT molecular complexity index is 655. The van der Waals surface area contributed by atoms with Gasteiger partial charge in [-0.3, -0.25) is 9.59 Å². The Morgan fingerprint density at radius 1 is 1.10 bits per heavy atom. The number of ether oxygens (including phenoxy) is 1. The van der Waals surface area contributed by atoms with Gasteiger partial charge in [0.2, 0.25) is 0 Å². The van der Waals surface area contributed by atoms with Crippen molar-refractivity contribution in [3.05, 3.63) is 59.1 Å². The summed E-state index contributed by atoms with van der Waals surface area (Å²) in [5.41, 5.74) is 0.903. The summed E-state index contributed by atoms with van der Waals surface area (Å²) in [7, 11) is 0.